The average Bonchev–Trinajstić information content (AvgIpc) is 2.71. The highest BCUT2D eigenvalue weighted by Crippen LogP contribution is 2.32. The van der Waals surface area contributed by atoms with Gasteiger partial charge in [0, 0.05) is 30.9 Å². The Labute approximate surface area is 184 Å². The lowest BCUT2D eigenvalue weighted by Crippen LogP contribution is -2.23. The van der Waals surface area contributed by atoms with Gasteiger partial charge in [0.2, 0.25) is 15.6 Å². The zero-order chi connectivity index (χ0) is 22.8. The van der Waals surface area contributed by atoms with Crippen molar-refractivity contribution in [3.63, 3.8) is 0 Å². The molecule has 0 radical (unpaired) electrons. The Bertz CT molecular complexity index is 1350. The Morgan fingerprint density at radius 1 is 1.23 bits per heavy atom. The molecule has 0 aliphatic heterocycles. The molecule has 2 aromatic heterocycles. The van der Waals surface area contributed by atoms with E-state index in [-0.39, 0.29) is 33.7 Å². The number of nitrogens with zero attached hydrogens (tertiary/aromatic N) is 4. The van der Waals surface area contributed by atoms with Gasteiger partial charge < -0.3 is 9.30 Å². The van der Waals surface area contributed by atoms with E-state index >= 15 is 0 Å². The molecule has 160 valence electrons. The third kappa shape index (κ3) is 5.02. The molecule has 2 heterocycles. The van der Waals surface area contributed by atoms with Crippen LogP contribution in [0.5, 0.6) is 11.8 Å². The first-order chi connectivity index (χ1) is 14.6. The van der Waals surface area contributed by atoms with Gasteiger partial charge in [0.25, 0.3) is 0 Å². The molecule has 31 heavy (non-hydrogen) atoms. The minimum Gasteiger partial charge on any atom is -0.421 e. The monoisotopic (exact) mass is 459 g/mol. The van der Waals surface area contributed by atoms with Gasteiger partial charge in [0.05, 0.1) is 21.5 Å². The fourth-order valence-electron chi connectivity index (χ4n) is 2.47. The van der Waals surface area contributed by atoms with Crippen molar-refractivity contribution in [3.05, 3.63) is 63.5 Å². The lowest BCUT2D eigenvalue weighted by Gasteiger charge is -2.14. The van der Waals surface area contributed by atoms with Crippen molar-refractivity contribution >= 4 is 27.4 Å². The zero-order valence-corrected chi connectivity index (χ0v) is 18.4. The second-order valence-electron chi connectivity index (χ2n) is 6.81. The van der Waals surface area contributed by atoms with Crippen molar-refractivity contribution < 1.29 is 13.2 Å². The van der Waals surface area contributed by atoms with Crippen LogP contribution in [-0.4, -0.2) is 28.2 Å². The number of pyridine rings is 1. The van der Waals surface area contributed by atoms with Crippen LogP contribution in [0.4, 0.5) is 5.82 Å². The number of rotatable bonds is 6. The molecule has 0 atom stereocenters. The quantitative estimate of drug-likeness (QED) is 0.598. The van der Waals surface area contributed by atoms with E-state index in [1.165, 1.54) is 42.7 Å². The van der Waals surface area contributed by atoms with Gasteiger partial charge in [-0.3, -0.25) is 9.52 Å². The summed E-state index contributed by atoms with van der Waals surface area (Å²) in [7, 11) is -2.13. The third-order valence-electron chi connectivity index (χ3n) is 4.24. The van der Waals surface area contributed by atoms with Gasteiger partial charge in [-0.05, 0) is 32.0 Å². The molecule has 0 saturated carbocycles. The first-order valence-corrected chi connectivity index (χ1v) is 11.0. The van der Waals surface area contributed by atoms with E-state index in [1.807, 2.05) is 6.07 Å². The van der Waals surface area contributed by atoms with Gasteiger partial charge in [-0.15, -0.1) is 0 Å². The summed E-state index contributed by atoms with van der Waals surface area (Å²) in [6.07, 6.45) is 1.55. The SMILES string of the molecule is CC(C)S(=O)(=O)Nc1cc(-c2ccc(=O)n(C)c2)nc(Oc2c(Cl)cccc2C#N)n1. The number of nitriles is 1. The van der Waals surface area contributed by atoms with Gasteiger partial charge in [-0.2, -0.15) is 15.2 Å². The number of aryl methyl sites for hydroxylation is 1. The van der Waals surface area contributed by atoms with Crippen molar-refractivity contribution in [2.45, 2.75) is 19.1 Å². The van der Waals surface area contributed by atoms with Gasteiger partial charge in [-0.1, -0.05) is 17.7 Å². The summed E-state index contributed by atoms with van der Waals surface area (Å²) in [4.78, 5) is 20.1. The van der Waals surface area contributed by atoms with Crippen LogP contribution in [0.2, 0.25) is 5.02 Å². The van der Waals surface area contributed by atoms with E-state index in [4.69, 9.17) is 16.3 Å². The van der Waals surface area contributed by atoms with Crippen LogP contribution >= 0.6 is 11.6 Å². The highest BCUT2D eigenvalue weighted by molar-refractivity contribution is 7.93. The van der Waals surface area contributed by atoms with Crippen LogP contribution < -0.4 is 15.0 Å². The van der Waals surface area contributed by atoms with E-state index in [1.54, 1.807) is 25.4 Å². The van der Waals surface area contributed by atoms with E-state index in [0.29, 0.717) is 11.3 Å². The van der Waals surface area contributed by atoms with E-state index in [9.17, 15) is 18.5 Å². The number of hydrogen-bond donors (Lipinski definition) is 1. The Balaban J connectivity index is 2.14. The smallest absolute Gasteiger partial charge is 0.324 e. The molecule has 0 saturated heterocycles. The average molecular weight is 460 g/mol. The minimum atomic E-state index is -3.71. The molecule has 1 N–H and O–H groups in total. The second-order valence-corrected chi connectivity index (χ2v) is 9.46. The molecule has 3 rings (SSSR count). The fourth-order valence-corrected chi connectivity index (χ4v) is 3.32. The van der Waals surface area contributed by atoms with E-state index in [2.05, 4.69) is 14.7 Å². The second kappa shape index (κ2) is 8.75. The van der Waals surface area contributed by atoms with Crippen molar-refractivity contribution in [3.8, 4) is 29.1 Å². The highest BCUT2D eigenvalue weighted by atomic mass is 35.5. The molecule has 1 aromatic carbocycles. The summed E-state index contributed by atoms with van der Waals surface area (Å²) in [6.45, 7) is 3.05. The Morgan fingerprint density at radius 2 is 1.97 bits per heavy atom. The molecule has 3 aromatic rings. The molecule has 0 fully saturated rings. The highest BCUT2D eigenvalue weighted by Gasteiger charge is 2.19. The van der Waals surface area contributed by atoms with Crippen molar-refractivity contribution in [2.24, 2.45) is 7.05 Å². The molecule has 0 aliphatic carbocycles. The number of halogens is 1. The number of para-hydroxylation sites is 1. The third-order valence-corrected chi connectivity index (χ3v) is 6.27. The summed E-state index contributed by atoms with van der Waals surface area (Å²) in [5, 5.41) is 8.78. The molecule has 9 nitrogen and oxygen atoms in total. The first-order valence-electron chi connectivity index (χ1n) is 9.05. The predicted octanol–water partition coefficient (Wildman–Crippen LogP) is 3.31. The number of hydrogen-bond acceptors (Lipinski definition) is 7. The Kier molecular flexibility index (Phi) is 6.29. The number of aromatic nitrogens is 3. The minimum absolute atomic E-state index is 0.0342. The predicted molar refractivity (Wildman–Crippen MR) is 117 cm³/mol. The van der Waals surface area contributed by atoms with Crippen LogP contribution in [0.1, 0.15) is 19.4 Å². The number of benzene rings is 1. The molecule has 0 aliphatic rings. The number of nitrogens with one attached hydrogen (secondary N) is 1. The van der Waals surface area contributed by atoms with Crippen LogP contribution in [0.25, 0.3) is 11.3 Å². The summed E-state index contributed by atoms with van der Waals surface area (Å²) >= 11 is 6.16. The molecule has 0 spiro atoms. The lowest BCUT2D eigenvalue weighted by molar-refractivity contribution is 0.442. The number of anilines is 1. The van der Waals surface area contributed by atoms with Crippen molar-refractivity contribution in [1.82, 2.24) is 14.5 Å². The summed E-state index contributed by atoms with van der Waals surface area (Å²) in [5.74, 6) is 0.00931. The lowest BCUT2D eigenvalue weighted by atomic mass is 10.2. The Hall–Kier alpha value is -3.42. The van der Waals surface area contributed by atoms with Gasteiger partial charge >= 0.3 is 6.01 Å². The van der Waals surface area contributed by atoms with Crippen LogP contribution in [0.15, 0.2) is 47.4 Å². The maximum Gasteiger partial charge on any atom is 0.324 e. The van der Waals surface area contributed by atoms with Gasteiger partial charge in [-0.25, -0.2) is 8.42 Å². The number of ether oxygens (including phenoxy) is 1. The van der Waals surface area contributed by atoms with Crippen molar-refractivity contribution in [1.29, 1.82) is 5.26 Å². The molecule has 0 amide bonds. The van der Waals surface area contributed by atoms with Crippen molar-refractivity contribution in [2.75, 3.05) is 4.72 Å². The van der Waals surface area contributed by atoms with Crippen LogP contribution in [-0.2, 0) is 17.1 Å². The first kappa shape index (κ1) is 22.3. The standard InChI is InChI=1S/C20H18ClN5O4S/c1-12(2)31(28,29)25-17-9-16(14-7-8-18(27)26(3)11-14)23-20(24-17)30-19-13(10-22)5-4-6-15(19)21/h4-9,11-12H,1-3H3,(H,23,24,25). The summed E-state index contributed by atoms with van der Waals surface area (Å²) < 4.78 is 34.1. The van der Waals surface area contributed by atoms with Gasteiger partial charge in [0.15, 0.2) is 5.75 Å². The largest absolute Gasteiger partial charge is 0.421 e. The zero-order valence-electron chi connectivity index (χ0n) is 16.8. The van der Waals surface area contributed by atoms with Crippen LogP contribution in [0, 0.1) is 11.3 Å². The number of sulfonamides is 1. The molecule has 0 bridgehead atoms. The topological polar surface area (TPSA) is 127 Å². The Morgan fingerprint density at radius 3 is 2.61 bits per heavy atom. The maximum atomic E-state index is 12.3. The molecular formula is C20H18ClN5O4S. The molecular weight excluding hydrogens is 442 g/mol. The molecule has 0 unspecified atom stereocenters. The normalized spacial score (nSPS) is 11.2. The maximum absolute atomic E-state index is 12.3. The fraction of sp³-hybridized carbons (Fsp3) is 0.200. The van der Waals surface area contributed by atoms with E-state index in [0.717, 1.165) is 0 Å². The molecule has 11 heteroatoms. The van der Waals surface area contributed by atoms with Crippen LogP contribution in [0.3, 0.4) is 0 Å². The van der Waals surface area contributed by atoms with E-state index < -0.39 is 15.3 Å². The summed E-state index contributed by atoms with van der Waals surface area (Å²) in [6, 6.07) is 10.7. The van der Waals surface area contributed by atoms with Gasteiger partial charge in [0.1, 0.15) is 11.9 Å². The summed E-state index contributed by atoms with van der Waals surface area (Å²) in [5.41, 5.74) is 0.768.